The minimum absolute atomic E-state index is 0.120. The number of hydrogen-bond acceptors (Lipinski definition) is 2. The van der Waals surface area contributed by atoms with E-state index in [4.69, 9.17) is 0 Å². The molecule has 0 aliphatic rings. The van der Waals surface area contributed by atoms with Crippen molar-refractivity contribution >= 4 is 27.5 Å². The minimum atomic E-state index is 0.120. The molecule has 0 bridgehead atoms. The van der Waals surface area contributed by atoms with Crippen LogP contribution in [0.1, 0.15) is 18.4 Å². The van der Waals surface area contributed by atoms with Gasteiger partial charge >= 0.3 is 0 Å². The zero-order valence-corrected chi connectivity index (χ0v) is 15.1. The predicted molar refractivity (Wildman–Crippen MR) is 110 cm³/mol. The molecular formula is C23H26N2O. The number of nitrogens with one attached hydrogen (secondary N) is 2. The standard InChI is InChI=1S/C23H26N2O/c1-2-14-24-15-7-12-23(26)25-16-13-22-20-10-5-3-8-18(20)17-19-9-4-6-11-21(19)22/h2-6,8-11,17,24H,1,7,12-16H2,(H,25,26). The van der Waals surface area contributed by atoms with Crippen LogP contribution in [0.4, 0.5) is 0 Å². The molecule has 2 N–H and O–H groups in total. The zero-order valence-electron chi connectivity index (χ0n) is 15.1. The van der Waals surface area contributed by atoms with Crippen LogP contribution in [0.2, 0.25) is 0 Å². The van der Waals surface area contributed by atoms with Gasteiger partial charge in [0, 0.05) is 19.5 Å². The molecule has 1 amide bonds. The second-order valence-corrected chi connectivity index (χ2v) is 6.49. The molecule has 3 aromatic carbocycles. The van der Waals surface area contributed by atoms with E-state index in [-0.39, 0.29) is 5.91 Å². The molecule has 0 saturated carbocycles. The molecule has 0 fully saturated rings. The fourth-order valence-electron chi connectivity index (χ4n) is 3.37. The van der Waals surface area contributed by atoms with Gasteiger partial charge in [-0.1, -0.05) is 54.6 Å². The Morgan fingerprint density at radius 2 is 1.62 bits per heavy atom. The predicted octanol–water partition coefficient (Wildman–Crippen LogP) is 4.21. The number of rotatable bonds is 9. The van der Waals surface area contributed by atoms with Crippen LogP contribution in [0, 0.1) is 0 Å². The lowest BCUT2D eigenvalue weighted by Gasteiger charge is -2.12. The third kappa shape index (κ3) is 4.50. The summed E-state index contributed by atoms with van der Waals surface area (Å²) in [6.07, 6.45) is 4.06. The summed E-state index contributed by atoms with van der Waals surface area (Å²) in [6, 6.07) is 19.2. The van der Waals surface area contributed by atoms with E-state index in [1.807, 2.05) is 6.08 Å². The van der Waals surface area contributed by atoms with Gasteiger partial charge in [0.2, 0.25) is 5.91 Å². The molecule has 3 nitrogen and oxygen atoms in total. The second kappa shape index (κ2) is 9.16. The first-order valence-electron chi connectivity index (χ1n) is 9.27. The number of hydrogen-bond donors (Lipinski definition) is 2. The molecule has 26 heavy (non-hydrogen) atoms. The number of amides is 1. The summed E-state index contributed by atoms with van der Waals surface area (Å²) in [5.74, 6) is 0.120. The number of fused-ring (bicyclic) bond motifs is 2. The molecule has 0 unspecified atom stereocenters. The molecule has 0 aliphatic heterocycles. The van der Waals surface area contributed by atoms with Gasteiger partial charge < -0.3 is 10.6 Å². The Labute approximate surface area is 155 Å². The van der Waals surface area contributed by atoms with Crippen LogP contribution in [-0.2, 0) is 11.2 Å². The monoisotopic (exact) mass is 346 g/mol. The van der Waals surface area contributed by atoms with E-state index < -0.39 is 0 Å². The summed E-state index contributed by atoms with van der Waals surface area (Å²) in [5, 5.41) is 11.3. The first-order valence-corrected chi connectivity index (χ1v) is 9.27. The van der Waals surface area contributed by atoms with Crippen LogP contribution in [-0.4, -0.2) is 25.5 Å². The van der Waals surface area contributed by atoms with Gasteiger partial charge in [-0.05, 0) is 52.6 Å². The van der Waals surface area contributed by atoms with Crippen LogP contribution in [0.3, 0.4) is 0 Å². The van der Waals surface area contributed by atoms with Crippen molar-refractivity contribution in [1.29, 1.82) is 0 Å². The van der Waals surface area contributed by atoms with Crippen LogP contribution < -0.4 is 10.6 Å². The van der Waals surface area contributed by atoms with E-state index in [0.717, 1.165) is 25.9 Å². The van der Waals surface area contributed by atoms with Crippen molar-refractivity contribution in [2.45, 2.75) is 19.3 Å². The maximum absolute atomic E-state index is 12.0. The molecule has 3 heteroatoms. The Morgan fingerprint density at radius 1 is 0.962 bits per heavy atom. The number of carbonyl (C=O) groups is 1. The Balaban J connectivity index is 1.64. The summed E-state index contributed by atoms with van der Waals surface area (Å²) >= 11 is 0. The fraction of sp³-hybridized carbons (Fsp3) is 0.261. The van der Waals surface area contributed by atoms with Crippen molar-refractivity contribution < 1.29 is 4.79 Å². The van der Waals surface area contributed by atoms with Crippen molar-refractivity contribution in [1.82, 2.24) is 10.6 Å². The van der Waals surface area contributed by atoms with Crippen molar-refractivity contribution in [3.63, 3.8) is 0 Å². The minimum Gasteiger partial charge on any atom is -0.356 e. The zero-order chi connectivity index (χ0) is 18.2. The van der Waals surface area contributed by atoms with Crippen molar-refractivity contribution in [2.75, 3.05) is 19.6 Å². The topological polar surface area (TPSA) is 41.1 Å². The molecule has 3 aromatic rings. The second-order valence-electron chi connectivity index (χ2n) is 6.49. The molecule has 134 valence electrons. The van der Waals surface area contributed by atoms with E-state index in [1.54, 1.807) is 0 Å². The Bertz CT molecular complexity index is 847. The molecule has 0 aliphatic carbocycles. The smallest absolute Gasteiger partial charge is 0.220 e. The van der Waals surface area contributed by atoms with Crippen molar-refractivity contribution in [2.24, 2.45) is 0 Å². The average molecular weight is 346 g/mol. The quantitative estimate of drug-likeness (QED) is 0.346. The SMILES string of the molecule is C=CCNCCCC(=O)NCCc1c2ccccc2cc2ccccc12. The average Bonchev–Trinajstić information content (AvgIpc) is 2.67. The third-order valence-corrected chi connectivity index (χ3v) is 4.63. The molecule has 0 heterocycles. The van der Waals surface area contributed by atoms with Crippen LogP contribution in [0.15, 0.2) is 67.3 Å². The maximum atomic E-state index is 12.0. The summed E-state index contributed by atoms with van der Waals surface area (Å²) in [4.78, 5) is 12.0. The normalized spacial score (nSPS) is 10.9. The molecular weight excluding hydrogens is 320 g/mol. The highest BCUT2D eigenvalue weighted by Crippen LogP contribution is 2.28. The molecule has 3 rings (SSSR count). The molecule has 0 spiro atoms. The first-order chi connectivity index (χ1) is 12.8. The van der Waals surface area contributed by atoms with Crippen LogP contribution >= 0.6 is 0 Å². The Kier molecular flexibility index (Phi) is 6.39. The highest BCUT2D eigenvalue weighted by Gasteiger charge is 2.08. The fourth-order valence-corrected chi connectivity index (χ4v) is 3.37. The van der Waals surface area contributed by atoms with E-state index >= 15 is 0 Å². The largest absolute Gasteiger partial charge is 0.356 e. The van der Waals surface area contributed by atoms with Gasteiger partial charge in [-0.3, -0.25) is 4.79 Å². The lowest BCUT2D eigenvalue weighted by Crippen LogP contribution is -2.26. The van der Waals surface area contributed by atoms with Crippen molar-refractivity contribution in [3.05, 3.63) is 72.8 Å². The summed E-state index contributed by atoms with van der Waals surface area (Å²) in [5.41, 5.74) is 1.31. The molecule has 0 radical (unpaired) electrons. The van der Waals surface area contributed by atoms with Gasteiger partial charge in [-0.25, -0.2) is 0 Å². The molecule has 0 atom stereocenters. The number of benzene rings is 3. The van der Waals surface area contributed by atoms with Gasteiger partial charge in [0.05, 0.1) is 0 Å². The van der Waals surface area contributed by atoms with E-state index in [9.17, 15) is 4.79 Å². The lowest BCUT2D eigenvalue weighted by molar-refractivity contribution is -0.121. The first kappa shape index (κ1) is 18.2. The van der Waals surface area contributed by atoms with Gasteiger partial charge in [0.15, 0.2) is 0 Å². The van der Waals surface area contributed by atoms with Crippen molar-refractivity contribution in [3.8, 4) is 0 Å². The van der Waals surface area contributed by atoms with Gasteiger partial charge in [-0.15, -0.1) is 6.58 Å². The van der Waals surface area contributed by atoms with Crippen LogP contribution in [0.5, 0.6) is 0 Å². The molecule has 0 aromatic heterocycles. The van der Waals surface area contributed by atoms with E-state index in [2.05, 4.69) is 71.8 Å². The molecule has 0 saturated heterocycles. The highest BCUT2D eigenvalue weighted by molar-refractivity contribution is 6.02. The van der Waals surface area contributed by atoms with E-state index in [1.165, 1.54) is 27.1 Å². The van der Waals surface area contributed by atoms with Gasteiger partial charge in [-0.2, -0.15) is 0 Å². The highest BCUT2D eigenvalue weighted by atomic mass is 16.1. The van der Waals surface area contributed by atoms with Crippen LogP contribution in [0.25, 0.3) is 21.5 Å². The van der Waals surface area contributed by atoms with Gasteiger partial charge in [0.1, 0.15) is 0 Å². The third-order valence-electron chi connectivity index (χ3n) is 4.63. The summed E-state index contributed by atoms with van der Waals surface area (Å²) < 4.78 is 0. The summed E-state index contributed by atoms with van der Waals surface area (Å²) in [7, 11) is 0. The maximum Gasteiger partial charge on any atom is 0.220 e. The lowest BCUT2D eigenvalue weighted by atomic mass is 9.95. The summed E-state index contributed by atoms with van der Waals surface area (Å²) in [6.45, 7) is 5.96. The van der Waals surface area contributed by atoms with Gasteiger partial charge in [0.25, 0.3) is 0 Å². The number of carbonyl (C=O) groups excluding carboxylic acids is 1. The van der Waals surface area contributed by atoms with E-state index in [0.29, 0.717) is 13.0 Å². The Morgan fingerprint density at radius 3 is 2.27 bits per heavy atom. The Hall–Kier alpha value is -2.65.